The van der Waals surface area contributed by atoms with Crippen LogP contribution in [-0.2, 0) is 22.7 Å². The van der Waals surface area contributed by atoms with Gasteiger partial charge in [0.05, 0.1) is 5.52 Å². The molecule has 3 aromatic rings. The summed E-state index contributed by atoms with van der Waals surface area (Å²) in [6.45, 7) is 4.24. The number of rotatable bonds is 7. The highest BCUT2D eigenvalue weighted by atomic mass is 19.1. The average Bonchev–Trinajstić information content (AvgIpc) is 3.26. The molecule has 1 aliphatic rings. The van der Waals surface area contributed by atoms with Crippen LogP contribution >= 0.6 is 0 Å². The van der Waals surface area contributed by atoms with Crippen molar-refractivity contribution in [2.24, 2.45) is 0 Å². The number of aliphatic carboxylic acids is 2. The molecule has 1 fully saturated rings. The van der Waals surface area contributed by atoms with Gasteiger partial charge in [-0.1, -0.05) is 10.3 Å². The monoisotopic (exact) mass is 431 g/mol. The number of hydrogen-bond donors (Lipinski definition) is 2. The summed E-state index contributed by atoms with van der Waals surface area (Å²) in [5.74, 6) is -2.64. The Bertz CT molecular complexity index is 1120. The van der Waals surface area contributed by atoms with Crippen LogP contribution < -0.4 is 0 Å². The summed E-state index contributed by atoms with van der Waals surface area (Å²) < 4.78 is 19.9. The molecular formula is C20H22FN5O5. The van der Waals surface area contributed by atoms with Crippen molar-refractivity contribution < 1.29 is 28.8 Å². The second-order valence-electron chi connectivity index (χ2n) is 7.62. The van der Waals surface area contributed by atoms with Crippen molar-refractivity contribution >= 4 is 22.8 Å². The third-order valence-corrected chi connectivity index (χ3v) is 5.60. The van der Waals surface area contributed by atoms with Gasteiger partial charge in [0.25, 0.3) is 0 Å². The second kappa shape index (κ2) is 8.44. The molecule has 1 atom stereocenters. The Morgan fingerprint density at radius 3 is 2.55 bits per heavy atom. The molecular weight excluding hydrogens is 409 g/mol. The van der Waals surface area contributed by atoms with Crippen LogP contribution in [0.1, 0.15) is 23.0 Å². The van der Waals surface area contributed by atoms with E-state index in [9.17, 15) is 24.2 Å². The van der Waals surface area contributed by atoms with Gasteiger partial charge in [0, 0.05) is 49.9 Å². The fraction of sp³-hybridized carbons (Fsp3) is 0.400. The van der Waals surface area contributed by atoms with Gasteiger partial charge in [-0.2, -0.15) is 0 Å². The molecule has 1 aliphatic heterocycles. The maximum absolute atomic E-state index is 13.8. The van der Waals surface area contributed by atoms with E-state index in [4.69, 9.17) is 4.63 Å². The van der Waals surface area contributed by atoms with Crippen LogP contribution in [-0.4, -0.2) is 73.0 Å². The second-order valence-corrected chi connectivity index (χ2v) is 7.62. The lowest BCUT2D eigenvalue weighted by atomic mass is 10.0. The van der Waals surface area contributed by atoms with Crippen molar-refractivity contribution in [1.82, 2.24) is 24.7 Å². The van der Waals surface area contributed by atoms with E-state index < -0.39 is 23.8 Å². The van der Waals surface area contributed by atoms with Crippen molar-refractivity contribution in [3.63, 3.8) is 0 Å². The fourth-order valence-corrected chi connectivity index (χ4v) is 4.06. The Labute approximate surface area is 176 Å². The van der Waals surface area contributed by atoms with Gasteiger partial charge in [0.15, 0.2) is 0 Å². The third kappa shape index (κ3) is 4.28. The highest BCUT2D eigenvalue weighted by Crippen LogP contribution is 2.32. The van der Waals surface area contributed by atoms with Crippen LogP contribution in [0.3, 0.4) is 0 Å². The van der Waals surface area contributed by atoms with E-state index in [1.54, 1.807) is 0 Å². The smallest absolute Gasteiger partial charge is 0.325 e. The van der Waals surface area contributed by atoms with Crippen molar-refractivity contribution in [2.75, 3.05) is 26.2 Å². The SMILES string of the molecule is Cc1nonc1CN1CCN([C@@H](C(=O)O)c2cn(CC(=O)O)c3cc(F)ccc23)CC1. The minimum absolute atomic E-state index is 0.358. The highest BCUT2D eigenvalue weighted by Gasteiger charge is 2.33. The number of carboxylic acids is 2. The van der Waals surface area contributed by atoms with E-state index in [1.807, 2.05) is 11.8 Å². The van der Waals surface area contributed by atoms with Gasteiger partial charge < -0.3 is 14.8 Å². The topological polar surface area (TPSA) is 125 Å². The predicted octanol–water partition coefficient (Wildman–Crippen LogP) is 1.50. The van der Waals surface area contributed by atoms with Crippen LogP contribution in [0.4, 0.5) is 4.39 Å². The predicted molar refractivity (Wildman–Crippen MR) is 106 cm³/mol. The molecule has 2 N–H and O–H groups in total. The molecule has 3 heterocycles. The molecule has 0 aliphatic carbocycles. The van der Waals surface area contributed by atoms with E-state index in [-0.39, 0.29) is 6.54 Å². The van der Waals surface area contributed by atoms with Crippen molar-refractivity contribution in [3.8, 4) is 0 Å². The zero-order chi connectivity index (χ0) is 22.1. The Morgan fingerprint density at radius 2 is 1.94 bits per heavy atom. The first-order valence-electron chi connectivity index (χ1n) is 9.81. The molecule has 0 unspecified atom stereocenters. The number of carboxylic acid groups (broad SMARTS) is 2. The number of nitrogens with zero attached hydrogens (tertiary/aromatic N) is 5. The van der Waals surface area contributed by atoms with Crippen molar-refractivity contribution in [3.05, 3.63) is 47.2 Å². The molecule has 2 aromatic heterocycles. The Balaban J connectivity index is 1.58. The summed E-state index contributed by atoms with van der Waals surface area (Å²) in [5.41, 5.74) is 2.29. The standard InChI is InChI=1S/C20H22FN5O5/c1-12-16(23-31-22-12)10-24-4-6-25(7-5-24)19(20(29)30)15-9-26(11-18(27)28)17-8-13(21)2-3-14(15)17/h2-3,8-9,19H,4-7,10-11H2,1H3,(H,27,28)(H,29,30)/t19-/m1/s1. The number of hydrogen-bond acceptors (Lipinski definition) is 7. The van der Waals surface area contributed by atoms with E-state index in [1.165, 1.54) is 29.0 Å². The maximum Gasteiger partial charge on any atom is 0.325 e. The number of carbonyl (C=O) groups is 2. The molecule has 11 heteroatoms. The van der Waals surface area contributed by atoms with Gasteiger partial charge in [0.1, 0.15) is 29.8 Å². The highest BCUT2D eigenvalue weighted by molar-refractivity contribution is 5.90. The maximum atomic E-state index is 13.8. The molecule has 0 bridgehead atoms. The molecule has 0 spiro atoms. The molecule has 1 aromatic carbocycles. The van der Waals surface area contributed by atoms with E-state index >= 15 is 0 Å². The third-order valence-electron chi connectivity index (χ3n) is 5.60. The first-order valence-corrected chi connectivity index (χ1v) is 9.81. The summed E-state index contributed by atoms with van der Waals surface area (Å²) >= 11 is 0. The number of benzene rings is 1. The number of aryl methyl sites for hydroxylation is 1. The number of halogens is 1. The lowest BCUT2D eigenvalue weighted by Crippen LogP contribution is -2.48. The van der Waals surface area contributed by atoms with Gasteiger partial charge in [-0.3, -0.25) is 19.4 Å². The van der Waals surface area contributed by atoms with Crippen LogP contribution in [0.15, 0.2) is 29.0 Å². The van der Waals surface area contributed by atoms with Gasteiger partial charge in [0.2, 0.25) is 0 Å². The first-order chi connectivity index (χ1) is 14.8. The summed E-state index contributed by atoms with van der Waals surface area (Å²) in [6.07, 6.45) is 1.51. The molecule has 1 saturated heterocycles. The van der Waals surface area contributed by atoms with Crippen molar-refractivity contribution in [2.45, 2.75) is 26.1 Å². The average molecular weight is 431 g/mol. The molecule has 31 heavy (non-hydrogen) atoms. The number of fused-ring (bicyclic) bond motifs is 1. The molecule has 0 saturated carbocycles. The zero-order valence-electron chi connectivity index (χ0n) is 16.9. The summed E-state index contributed by atoms with van der Waals surface area (Å²) in [7, 11) is 0. The zero-order valence-corrected chi connectivity index (χ0v) is 16.9. The lowest BCUT2D eigenvalue weighted by molar-refractivity contribution is -0.144. The van der Waals surface area contributed by atoms with Crippen LogP contribution in [0.25, 0.3) is 10.9 Å². The minimum Gasteiger partial charge on any atom is -0.480 e. The van der Waals surface area contributed by atoms with Crippen molar-refractivity contribution in [1.29, 1.82) is 0 Å². The molecule has 4 rings (SSSR count). The summed E-state index contributed by atoms with van der Waals surface area (Å²) in [6, 6.07) is 3.01. The van der Waals surface area contributed by atoms with Gasteiger partial charge in [-0.15, -0.1) is 0 Å². The van der Waals surface area contributed by atoms with E-state index in [2.05, 4.69) is 15.2 Å². The van der Waals surface area contributed by atoms with Gasteiger partial charge in [-0.05, 0) is 25.1 Å². The first kappa shape index (κ1) is 20.9. The van der Waals surface area contributed by atoms with Crippen LogP contribution in [0.5, 0.6) is 0 Å². The summed E-state index contributed by atoms with van der Waals surface area (Å²) in [4.78, 5) is 27.5. The van der Waals surface area contributed by atoms with Crippen LogP contribution in [0, 0.1) is 12.7 Å². The lowest BCUT2D eigenvalue weighted by Gasteiger charge is -2.37. The largest absolute Gasteiger partial charge is 0.480 e. The van der Waals surface area contributed by atoms with E-state index in [0.29, 0.717) is 49.2 Å². The number of aromatic nitrogens is 3. The quantitative estimate of drug-likeness (QED) is 0.572. The molecule has 0 amide bonds. The molecule has 0 radical (unpaired) electrons. The Hall–Kier alpha value is -3.31. The van der Waals surface area contributed by atoms with Gasteiger partial charge >= 0.3 is 11.9 Å². The molecule has 10 nitrogen and oxygen atoms in total. The Morgan fingerprint density at radius 1 is 1.19 bits per heavy atom. The van der Waals surface area contributed by atoms with Gasteiger partial charge in [-0.25, -0.2) is 9.02 Å². The minimum atomic E-state index is -1.09. The number of piperazine rings is 1. The van der Waals surface area contributed by atoms with Crippen LogP contribution in [0.2, 0.25) is 0 Å². The summed E-state index contributed by atoms with van der Waals surface area (Å²) in [5, 5.41) is 27.4. The molecule has 164 valence electrons. The Kier molecular flexibility index (Phi) is 5.70. The van der Waals surface area contributed by atoms with E-state index in [0.717, 1.165) is 11.4 Å². The normalized spacial score (nSPS) is 16.6. The fourth-order valence-electron chi connectivity index (χ4n) is 4.06.